The van der Waals surface area contributed by atoms with Gasteiger partial charge in [-0.1, -0.05) is 6.07 Å². The predicted octanol–water partition coefficient (Wildman–Crippen LogP) is 2.22. The Kier molecular flexibility index (Phi) is 2.23. The summed E-state index contributed by atoms with van der Waals surface area (Å²) in [5.74, 6) is 0. The van der Waals surface area contributed by atoms with Crippen molar-refractivity contribution in [3.63, 3.8) is 0 Å². The third-order valence-electron chi connectivity index (χ3n) is 2.20. The first-order valence-electron chi connectivity index (χ1n) is 4.58. The minimum Gasteiger partial charge on any atom is -0.386 e. The van der Waals surface area contributed by atoms with Gasteiger partial charge in [0.2, 0.25) is 0 Å². The molecule has 14 heavy (non-hydrogen) atoms. The maximum absolute atomic E-state index is 4.03. The Labute approximate surface area is 83.4 Å². The van der Waals surface area contributed by atoms with Crippen LogP contribution >= 0.6 is 0 Å². The zero-order valence-corrected chi connectivity index (χ0v) is 8.36. The van der Waals surface area contributed by atoms with Crippen molar-refractivity contribution in [1.29, 1.82) is 0 Å². The number of hydrogen-bond donors (Lipinski definition) is 1. The number of aromatic nitrogens is 2. The smallest absolute Gasteiger partial charge is 0.0992 e. The maximum Gasteiger partial charge on any atom is 0.0992 e. The molecule has 1 aromatic heterocycles. The Bertz CT molecular complexity index is 418. The standard InChI is InChI=1S/C11H13N3/c1-9-3-4-11(10(7-9)12-2)14-6-5-13-8-14/h3-8,12H,1-2H3. The summed E-state index contributed by atoms with van der Waals surface area (Å²) < 4.78 is 1.99. The summed E-state index contributed by atoms with van der Waals surface area (Å²) in [7, 11) is 1.93. The summed E-state index contributed by atoms with van der Waals surface area (Å²) in [6, 6.07) is 6.30. The molecule has 0 aliphatic heterocycles. The van der Waals surface area contributed by atoms with Crippen molar-refractivity contribution in [3.8, 4) is 5.69 Å². The van der Waals surface area contributed by atoms with E-state index in [9.17, 15) is 0 Å². The molecule has 2 aromatic rings. The largest absolute Gasteiger partial charge is 0.386 e. The molecular weight excluding hydrogens is 174 g/mol. The first kappa shape index (κ1) is 8.81. The Morgan fingerprint density at radius 2 is 2.21 bits per heavy atom. The molecule has 3 nitrogen and oxygen atoms in total. The lowest BCUT2D eigenvalue weighted by Gasteiger charge is -2.10. The minimum absolute atomic E-state index is 1.11. The van der Waals surface area contributed by atoms with Gasteiger partial charge in [0.1, 0.15) is 0 Å². The number of hydrogen-bond acceptors (Lipinski definition) is 2. The lowest BCUT2D eigenvalue weighted by Crippen LogP contribution is -1.98. The minimum atomic E-state index is 1.11. The van der Waals surface area contributed by atoms with Gasteiger partial charge in [0.15, 0.2) is 0 Å². The van der Waals surface area contributed by atoms with Gasteiger partial charge in [-0.2, -0.15) is 0 Å². The van der Waals surface area contributed by atoms with Crippen molar-refractivity contribution >= 4 is 5.69 Å². The van der Waals surface area contributed by atoms with Gasteiger partial charge >= 0.3 is 0 Å². The van der Waals surface area contributed by atoms with E-state index in [1.807, 2.05) is 17.8 Å². The molecule has 0 aliphatic carbocycles. The molecule has 1 aromatic carbocycles. The van der Waals surface area contributed by atoms with Crippen LogP contribution in [-0.2, 0) is 0 Å². The summed E-state index contributed by atoms with van der Waals surface area (Å²) in [5, 5.41) is 3.18. The molecule has 0 atom stereocenters. The second kappa shape index (κ2) is 3.54. The molecule has 0 unspecified atom stereocenters. The fraction of sp³-hybridized carbons (Fsp3) is 0.182. The van der Waals surface area contributed by atoms with Gasteiger partial charge in [-0.15, -0.1) is 0 Å². The van der Waals surface area contributed by atoms with Gasteiger partial charge in [0, 0.05) is 19.4 Å². The van der Waals surface area contributed by atoms with Crippen molar-refractivity contribution in [1.82, 2.24) is 9.55 Å². The van der Waals surface area contributed by atoms with E-state index in [0.29, 0.717) is 0 Å². The van der Waals surface area contributed by atoms with Crippen LogP contribution in [-0.4, -0.2) is 16.6 Å². The van der Waals surface area contributed by atoms with Crippen LogP contribution < -0.4 is 5.32 Å². The molecule has 0 spiro atoms. The Morgan fingerprint density at radius 1 is 1.36 bits per heavy atom. The van der Waals surface area contributed by atoms with Gasteiger partial charge in [-0.05, 0) is 24.6 Å². The molecule has 0 fully saturated rings. The normalized spacial score (nSPS) is 10.1. The van der Waals surface area contributed by atoms with Crippen molar-refractivity contribution < 1.29 is 0 Å². The highest BCUT2D eigenvalue weighted by atomic mass is 15.0. The van der Waals surface area contributed by atoms with Crippen LogP contribution in [0.4, 0.5) is 5.69 Å². The summed E-state index contributed by atoms with van der Waals surface area (Å²) in [6.07, 6.45) is 5.51. The number of rotatable bonds is 2. The van der Waals surface area contributed by atoms with Crippen LogP contribution in [0.3, 0.4) is 0 Å². The highest BCUT2D eigenvalue weighted by molar-refractivity contribution is 5.62. The van der Waals surface area contributed by atoms with Gasteiger partial charge in [-0.25, -0.2) is 4.98 Å². The van der Waals surface area contributed by atoms with E-state index in [1.165, 1.54) is 5.56 Å². The van der Waals surface area contributed by atoms with Crippen LogP contribution in [0, 0.1) is 6.92 Å². The molecule has 0 amide bonds. The van der Waals surface area contributed by atoms with Crippen LogP contribution in [0.25, 0.3) is 5.69 Å². The summed E-state index contributed by atoms with van der Waals surface area (Å²) in [4.78, 5) is 4.03. The molecular formula is C11H13N3. The Morgan fingerprint density at radius 3 is 2.86 bits per heavy atom. The van der Waals surface area contributed by atoms with Gasteiger partial charge < -0.3 is 9.88 Å². The highest BCUT2D eigenvalue weighted by Gasteiger charge is 2.01. The molecule has 0 aliphatic rings. The van der Waals surface area contributed by atoms with Crippen LogP contribution in [0.15, 0.2) is 36.9 Å². The monoisotopic (exact) mass is 187 g/mol. The first-order chi connectivity index (χ1) is 6.81. The Balaban J connectivity index is 2.53. The lowest BCUT2D eigenvalue weighted by atomic mass is 10.2. The van der Waals surface area contributed by atoms with E-state index in [1.54, 1.807) is 12.5 Å². The topological polar surface area (TPSA) is 29.9 Å². The van der Waals surface area contributed by atoms with Gasteiger partial charge in [0.25, 0.3) is 0 Å². The molecule has 1 heterocycles. The summed E-state index contributed by atoms with van der Waals surface area (Å²) in [6.45, 7) is 2.08. The van der Waals surface area contributed by atoms with Gasteiger partial charge in [-0.3, -0.25) is 0 Å². The third-order valence-corrected chi connectivity index (χ3v) is 2.20. The summed E-state index contributed by atoms with van der Waals surface area (Å²) >= 11 is 0. The number of anilines is 1. The first-order valence-corrected chi connectivity index (χ1v) is 4.58. The average molecular weight is 187 g/mol. The van der Waals surface area contributed by atoms with E-state index in [2.05, 4.69) is 35.4 Å². The average Bonchev–Trinajstić information content (AvgIpc) is 2.70. The van der Waals surface area contributed by atoms with Crippen molar-refractivity contribution in [2.75, 3.05) is 12.4 Å². The SMILES string of the molecule is CNc1cc(C)ccc1-n1ccnc1. The quantitative estimate of drug-likeness (QED) is 0.781. The highest BCUT2D eigenvalue weighted by Crippen LogP contribution is 2.20. The van der Waals surface area contributed by atoms with Gasteiger partial charge in [0.05, 0.1) is 17.7 Å². The molecule has 1 N–H and O–H groups in total. The third kappa shape index (κ3) is 1.48. The Hall–Kier alpha value is -1.77. The summed E-state index contributed by atoms with van der Waals surface area (Å²) in [5.41, 5.74) is 3.48. The van der Waals surface area contributed by atoms with Crippen LogP contribution in [0.1, 0.15) is 5.56 Å². The molecule has 0 saturated heterocycles. The van der Waals surface area contributed by atoms with E-state index in [0.717, 1.165) is 11.4 Å². The molecule has 72 valence electrons. The molecule has 3 heteroatoms. The zero-order valence-electron chi connectivity index (χ0n) is 8.36. The number of nitrogens with zero attached hydrogens (tertiary/aromatic N) is 2. The maximum atomic E-state index is 4.03. The number of nitrogens with one attached hydrogen (secondary N) is 1. The van der Waals surface area contributed by atoms with Crippen LogP contribution in [0.2, 0.25) is 0 Å². The second-order valence-corrected chi connectivity index (χ2v) is 3.24. The molecule has 0 saturated carbocycles. The second-order valence-electron chi connectivity index (χ2n) is 3.24. The number of aryl methyl sites for hydroxylation is 1. The van der Waals surface area contributed by atoms with Crippen molar-refractivity contribution in [2.24, 2.45) is 0 Å². The number of imidazole rings is 1. The van der Waals surface area contributed by atoms with Crippen molar-refractivity contribution in [3.05, 3.63) is 42.5 Å². The molecule has 2 rings (SSSR count). The van der Waals surface area contributed by atoms with E-state index in [-0.39, 0.29) is 0 Å². The zero-order chi connectivity index (χ0) is 9.97. The lowest BCUT2D eigenvalue weighted by molar-refractivity contribution is 1.05. The fourth-order valence-corrected chi connectivity index (χ4v) is 1.48. The van der Waals surface area contributed by atoms with E-state index >= 15 is 0 Å². The predicted molar refractivity (Wildman–Crippen MR) is 57.8 cm³/mol. The van der Waals surface area contributed by atoms with Crippen LogP contribution in [0.5, 0.6) is 0 Å². The molecule has 0 bridgehead atoms. The van der Waals surface area contributed by atoms with E-state index in [4.69, 9.17) is 0 Å². The van der Waals surface area contributed by atoms with Crippen molar-refractivity contribution in [2.45, 2.75) is 6.92 Å². The van der Waals surface area contributed by atoms with E-state index < -0.39 is 0 Å². The number of benzene rings is 1. The molecule has 0 radical (unpaired) electrons. The fourth-order valence-electron chi connectivity index (χ4n) is 1.48.